The molecule has 5 nitrogen and oxygen atoms in total. The van der Waals surface area contributed by atoms with E-state index in [9.17, 15) is 9.59 Å². The minimum Gasteiger partial charge on any atom is -0.481 e. The standard InChI is InChI=1S/C13H16N2O3/c16-12(11-5-1-2-6-14-11)9-15-7-3-4-10(8-15)13(17)18/h1-2,5-6,10H,3-4,7-9H2,(H,17,18)/t10-/m1/s1. The Hall–Kier alpha value is -1.75. The number of nitrogens with zero attached hydrogens (tertiary/aromatic N) is 2. The Morgan fingerprint density at radius 2 is 2.28 bits per heavy atom. The number of ketones is 1. The van der Waals surface area contributed by atoms with E-state index in [-0.39, 0.29) is 18.2 Å². The molecular weight excluding hydrogens is 232 g/mol. The van der Waals surface area contributed by atoms with Crippen LogP contribution in [0.2, 0.25) is 0 Å². The van der Waals surface area contributed by atoms with Crippen molar-refractivity contribution >= 4 is 11.8 Å². The summed E-state index contributed by atoms with van der Waals surface area (Å²) in [6, 6.07) is 5.22. The normalized spacial score (nSPS) is 20.6. The number of Topliss-reactive ketones (excluding diaryl/α,β-unsaturated/α-hetero) is 1. The van der Waals surface area contributed by atoms with Crippen molar-refractivity contribution < 1.29 is 14.7 Å². The average Bonchev–Trinajstić information content (AvgIpc) is 2.40. The van der Waals surface area contributed by atoms with Crippen molar-refractivity contribution in [1.82, 2.24) is 9.88 Å². The van der Waals surface area contributed by atoms with E-state index in [2.05, 4.69) is 4.98 Å². The molecule has 1 atom stereocenters. The van der Waals surface area contributed by atoms with Crippen molar-refractivity contribution in [3.05, 3.63) is 30.1 Å². The van der Waals surface area contributed by atoms with E-state index in [4.69, 9.17) is 5.11 Å². The van der Waals surface area contributed by atoms with Gasteiger partial charge in [-0.2, -0.15) is 0 Å². The Bertz CT molecular complexity index is 433. The van der Waals surface area contributed by atoms with Gasteiger partial charge in [0.2, 0.25) is 0 Å². The maximum Gasteiger partial charge on any atom is 0.307 e. The van der Waals surface area contributed by atoms with Crippen LogP contribution < -0.4 is 0 Å². The number of rotatable bonds is 4. The van der Waals surface area contributed by atoms with Gasteiger partial charge in [-0.1, -0.05) is 6.07 Å². The summed E-state index contributed by atoms with van der Waals surface area (Å²) in [6.07, 6.45) is 3.11. The lowest BCUT2D eigenvalue weighted by atomic mass is 9.98. The molecule has 0 aliphatic carbocycles. The molecule has 5 heteroatoms. The molecule has 96 valence electrons. The van der Waals surface area contributed by atoms with Crippen LogP contribution in [0.15, 0.2) is 24.4 Å². The largest absolute Gasteiger partial charge is 0.481 e. The van der Waals surface area contributed by atoms with Crippen molar-refractivity contribution in [3.8, 4) is 0 Å². The van der Waals surface area contributed by atoms with Gasteiger partial charge in [0.25, 0.3) is 0 Å². The maximum atomic E-state index is 11.9. The predicted octanol–water partition coefficient (Wildman–Crippen LogP) is 1.06. The van der Waals surface area contributed by atoms with Crippen LogP contribution in [0.1, 0.15) is 23.3 Å². The number of carbonyl (C=O) groups excluding carboxylic acids is 1. The first-order valence-electron chi connectivity index (χ1n) is 6.06. The number of likely N-dealkylation sites (tertiary alicyclic amines) is 1. The highest BCUT2D eigenvalue weighted by atomic mass is 16.4. The second-order valence-corrected chi connectivity index (χ2v) is 4.55. The van der Waals surface area contributed by atoms with Crippen molar-refractivity contribution in [2.24, 2.45) is 5.92 Å². The topological polar surface area (TPSA) is 70.5 Å². The Kier molecular flexibility index (Phi) is 4.04. The summed E-state index contributed by atoms with van der Waals surface area (Å²) in [6.45, 7) is 1.48. The monoisotopic (exact) mass is 248 g/mol. The molecule has 1 saturated heterocycles. The van der Waals surface area contributed by atoms with Gasteiger partial charge in [0.15, 0.2) is 5.78 Å². The molecule has 1 aliphatic rings. The van der Waals surface area contributed by atoms with Crippen LogP contribution >= 0.6 is 0 Å². The predicted molar refractivity (Wildman–Crippen MR) is 65.4 cm³/mol. The van der Waals surface area contributed by atoms with Gasteiger partial charge in [-0.3, -0.25) is 19.5 Å². The van der Waals surface area contributed by atoms with Crippen LogP contribution in [0.25, 0.3) is 0 Å². The minimum atomic E-state index is -0.773. The molecule has 1 aliphatic heterocycles. The third-order valence-corrected chi connectivity index (χ3v) is 3.17. The number of carboxylic acid groups (broad SMARTS) is 1. The average molecular weight is 248 g/mol. The molecule has 0 bridgehead atoms. The van der Waals surface area contributed by atoms with E-state index >= 15 is 0 Å². The van der Waals surface area contributed by atoms with Gasteiger partial charge in [0.05, 0.1) is 12.5 Å². The van der Waals surface area contributed by atoms with E-state index < -0.39 is 5.97 Å². The SMILES string of the molecule is O=C(CN1CCC[C@@H](C(=O)O)C1)c1ccccn1. The van der Waals surface area contributed by atoms with E-state index in [1.54, 1.807) is 24.4 Å². The molecule has 1 fully saturated rings. The summed E-state index contributed by atoms with van der Waals surface area (Å²) in [4.78, 5) is 28.8. The van der Waals surface area contributed by atoms with E-state index in [1.165, 1.54) is 0 Å². The number of hydrogen-bond acceptors (Lipinski definition) is 4. The molecule has 1 N–H and O–H groups in total. The minimum absolute atomic E-state index is 0.0540. The fraction of sp³-hybridized carbons (Fsp3) is 0.462. The number of aromatic nitrogens is 1. The molecule has 1 aromatic rings. The smallest absolute Gasteiger partial charge is 0.307 e. The van der Waals surface area contributed by atoms with Gasteiger partial charge in [0, 0.05) is 12.7 Å². The zero-order valence-electron chi connectivity index (χ0n) is 10.1. The quantitative estimate of drug-likeness (QED) is 0.807. The lowest BCUT2D eigenvalue weighted by Gasteiger charge is -2.29. The molecule has 1 aromatic heterocycles. The Balaban J connectivity index is 1.93. The van der Waals surface area contributed by atoms with Gasteiger partial charge in [-0.15, -0.1) is 0 Å². The lowest BCUT2D eigenvalue weighted by molar-refractivity contribution is -0.143. The summed E-state index contributed by atoms with van der Waals surface area (Å²) in [5.41, 5.74) is 0.440. The van der Waals surface area contributed by atoms with Crippen LogP contribution in [-0.2, 0) is 4.79 Å². The molecule has 2 heterocycles. The summed E-state index contributed by atoms with van der Waals surface area (Å²) in [7, 11) is 0. The zero-order valence-corrected chi connectivity index (χ0v) is 10.1. The van der Waals surface area contributed by atoms with E-state index in [1.807, 2.05) is 4.90 Å². The summed E-state index contributed by atoms with van der Waals surface area (Å²) < 4.78 is 0. The Morgan fingerprint density at radius 3 is 2.94 bits per heavy atom. The number of pyridine rings is 1. The van der Waals surface area contributed by atoms with Crippen LogP contribution in [0.3, 0.4) is 0 Å². The molecule has 0 spiro atoms. The molecule has 0 radical (unpaired) electrons. The molecule has 0 amide bonds. The van der Waals surface area contributed by atoms with Crippen LogP contribution in [0, 0.1) is 5.92 Å². The van der Waals surface area contributed by atoms with E-state index in [0.717, 1.165) is 13.0 Å². The van der Waals surface area contributed by atoms with Crippen molar-refractivity contribution in [3.63, 3.8) is 0 Å². The molecule has 0 aromatic carbocycles. The van der Waals surface area contributed by atoms with Crippen LogP contribution in [0.5, 0.6) is 0 Å². The van der Waals surface area contributed by atoms with Crippen LogP contribution in [-0.4, -0.2) is 46.4 Å². The molecule has 0 saturated carbocycles. The highest BCUT2D eigenvalue weighted by Crippen LogP contribution is 2.16. The first-order valence-corrected chi connectivity index (χ1v) is 6.06. The number of hydrogen-bond donors (Lipinski definition) is 1. The lowest BCUT2D eigenvalue weighted by Crippen LogP contribution is -2.41. The first-order chi connectivity index (χ1) is 8.66. The van der Waals surface area contributed by atoms with Gasteiger partial charge in [-0.25, -0.2) is 0 Å². The number of carboxylic acids is 1. The fourth-order valence-corrected chi connectivity index (χ4v) is 2.21. The molecule has 0 unspecified atom stereocenters. The van der Waals surface area contributed by atoms with Crippen molar-refractivity contribution in [2.45, 2.75) is 12.8 Å². The fourth-order valence-electron chi connectivity index (χ4n) is 2.21. The Morgan fingerprint density at radius 1 is 1.44 bits per heavy atom. The molecule has 2 rings (SSSR count). The van der Waals surface area contributed by atoms with Crippen molar-refractivity contribution in [2.75, 3.05) is 19.6 Å². The summed E-state index contributed by atoms with van der Waals surface area (Å²) >= 11 is 0. The third-order valence-electron chi connectivity index (χ3n) is 3.17. The van der Waals surface area contributed by atoms with Gasteiger partial charge >= 0.3 is 5.97 Å². The van der Waals surface area contributed by atoms with Crippen LogP contribution in [0.4, 0.5) is 0 Å². The highest BCUT2D eigenvalue weighted by Gasteiger charge is 2.26. The number of piperidine rings is 1. The molecule has 18 heavy (non-hydrogen) atoms. The highest BCUT2D eigenvalue weighted by molar-refractivity contribution is 5.95. The summed E-state index contributed by atoms with van der Waals surface area (Å²) in [5, 5.41) is 8.98. The van der Waals surface area contributed by atoms with E-state index in [0.29, 0.717) is 18.7 Å². The first kappa shape index (κ1) is 12.7. The summed E-state index contributed by atoms with van der Waals surface area (Å²) in [5.74, 6) is -1.18. The van der Waals surface area contributed by atoms with Gasteiger partial charge in [-0.05, 0) is 31.5 Å². The zero-order chi connectivity index (χ0) is 13.0. The number of carbonyl (C=O) groups is 2. The third kappa shape index (κ3) is 3.13. The second kappa shape index (κ2) is 5.73. The molecular formula is C13H16N2O3. The Labute approximate surface area is 105 Å². The van der Waals surface area contributed by atoms with Gasteiger partial charge < -0.3 is 5.11 Å². The second-order valence-electron chi connectivity index (χ2n) is 4.55. The van der Waals surface area contributed by atoms with Gasteiger partial charge in [0.1, 0.15) is 5.69 Å². The maximum absolute atomic E-state index is 11.9. The number of aliphatic carboxylic acids is 1. The van der Waals surface area contributed by atoms with Crippen molar-refractivity contribution in [1.29, 1.82) is 0 Å².